The van der Waals surface area contributed by atoms with Crippen LogP contribution < -0.4 is 5.32 Å². The minimum absolute atomic E-state index is 0.0422. The Hall–Kier alpha value is -1.92. The van der Waals surface area contributed by atoms with Crippen LogP contribution in [-0.2, 0) is 21.4 Å². The second-order valence-electron chi connectivity index (χ2n) is 7.90. The summed E-state index contributed by atoms with van der Waals surface area (Å²) in [6.45, 7) is 2.18. The molecule has 2 bridgehead atoms. The van der Waals surface area contributed by atoms with E-state index in [4.69, 9.17) is 0 Å². The topological polar surface area (TPSA) is 89.9 Å². The maximum Gasteiger partial charge on any atom is 0.217 e. The lowest BCUT2D eigenvalue weighted by atomic mass is 9.48. The molecular formula is C19H24N2O4. The van der Waals surface area contributed by atoms with Crippen molar-refractivity contribution < 1.29 is 19.8 Å². The monoisotopic (exact) mass is 344 g/mol. The van der Waals surface area contributed by atoms with Gasteiger partial charge in [0.2, 0.25) is 5.91 Å². The van der Waals surface area contributed by atoms with Gasteiger partial charge in [0.1, 0.15) is 5.75 Å². The summed E-state index contributed by atoms with van der Waals surface area (Å²) < 4.78 is 0. The Morgan fingerprint density at radius 1 is 1.40 bits per heavy atom. The van der Waals surface area contributed by atoms with Gasteiger partial charge < -0.3 is 20.4 Å². The summed E-state index contributed by atoms with van der Waals surface area (Å²) in [5.41, 5.74) is 0.184. The summed E-state index contributed by atoms with van der Waals surface area (Å²) in [5.74, 6) is -0.145. The Balaban J connectivity index is 1.87. The first-order valence-corrected chi connectivity index (χ1v) is 8.82. The van der Waals surface area contributed by atoms with Crippen LogP contribution in [-0.4, -0.2) is 58.1 Å². The van der Waals surface area contributed by atoms with Crippen LogP contribution in [0.1, 0.15) is 37.3 Å². The van der Waals surface area contributed by atoms with E-state index in [9.17, 15) is 19.8 Å². The fourth-order valence-corrected chi connectivity index (χ4v) is 5.40. The van der Waals surface area contributed by atoms with Crippen molar-refractivity contribution in [2.24, 2.45) is 0 Å². The van der Waals surface area contributed by atoms with Crippen molar-refractivity contribution in [1.29, 1.82) is 0 Å². The number of phenols is 1. The molecule has 3 N–H and O–H groups in total. The number of likely N-dealkylation sites (N-methyl/N-ethyl adjacent to an activating group) is 1. The number of ketones is 1. The summed E-state index contributed by atoms with van der Waals surface area (Å²) in [4.78, 5) is 26.4. The van der Waals surface area contributed by atoms with Gasteiger partial charge in [0, 0.05) is 31.2 Å². The van der Waals surface area contributed by atoms with Crippen LogP contribution in [0.15, 0.2) is 18.2 Å². The molecule has 1 aromatic carbocycles. The highest BCUT2D eigenvalue weighted by atomic mass is 16.3. The van der Waals surface area contributed by atoms with E-state index < -0.39 is 17.1 Å². The van der Waals surface area contributed by atoms with Gasteiger partial charge in [-0.25, -0.2) is 0 Å². The Kier molecular flexibility index (Phi) is 3.50. The molecule has 0 spiro atoms. The molecule has 4 atom stereocenters. The number of carbonyl (C=O) groups excluding carboxylic acids is 2. The van der Waals surface area contributed by atoms with E-state index in [1.165, 1.54) is 6.92 Å². The van der Waals surface area contributed by atoms with Crippen molar-refractivity contribution >= 4 is 11.7 Å². The molecule has 1 aliphatic heterocycles. The first-order chi connectivity index (χ1) is 11.8. The summed E-state index contributed by atoms with van der Waals surface area (Å²) in [6, 6.07) is 4.53. The van der Waals surface area contributed by atoms with Crippen LogP contribution in [0.4, 0.5) is 0 Å². The fourth-order valence-electron chi connectivity index (χ4n) is 5.40. The lowest BCUT2D eigenvalue weighted by Gasteiger charge is -2.63. The number of carbonyl (C=O) groups is 2. The van der Waals surface area contributed by atoms with E-state index in [1.807, 2.05) is 13.1 Å². The molecule has 1 aromatic rings. The van der Waals surface area contributed by atoms with E-state index in [-0.39, 0.29) is 36.3 Å². The molecule has 134 valence electrons. The van der Waals surface area contributed by atoms with Gasteiger partial charge in [-0.3, -0.25) is 9.59 Å². The summed E-state index contributed by atoms with van der Waals surface area (Å²) in [6.07, 6.45) is 1.74. The van der Waals surface area contributed by atoms with Crippen LogP contribution >= 0.6 is 0 Å². The number of nitrogens with one attached hydrogen (secondary N) is 1. The quantitative estimate of drug-likeness (QED) is 0.690. The molecule has 6 nitrogen and oxygen atoms in total. The molecule has 2 aliphatic carbocycles. The van der Waals surface area contributed by atoms with Gasteiger partial charge in [0.15, 0.2) is 5.78 Å². The zero-order valence-electron chi connectivity index (χ0n) is 14.6. The van der Waals surface area contributed by atoms with Gasteiger partial charge in [-0.2, -0.15) is 0 Å². The number of amides is 1. The Labute approximate surface area is 146 Å². The highest BCUT2D eigenvalue weighted by Crippen LogP contribution is 2.57. The summed E-state index contributed by atoms with van der Waals surface area (Å²) in [7, 11) is 2.00. The number of aliphatic hydroxyl groups is 1. The van der Waals surface area contributed by atoms with Crippen molar-refractivity contribution in [2.75, 3.05) is 13.6 Å². The average molecular weight is 344 g/mol. The third kappa shape index (κ3) is 2.17. The number of hydrogen-bond donors (Lipinski definition) is 3. The van der Waals surface area contributed by atoms with Gasteiger partial charge in [-0.1, -0.05) is 6.07 Å². The van der Waals surface area contributed by atoms with Crippen LogP contribution in [0.5, 0.6) is 5.75 Å². The molecule has 6 heteroatoms. The number of hydrogen-bond acceptors (Lipinski definition) is 5. The second kappa shape index (κ2) is 5.29. The molecule has 4 rings (SSSR count). The Morgan fingerprint density at radius 2 is 2.16 bits per heavy atom. The van der Waals surface area contributed by atoms with E-state index in [0.29, 0.717) is 12.8 Å². The molecule has 0 radical (unpaired) electrons. The fraction of sp³-hybridized carbons (Fsp3) is 0.579. The number of piperidine rings is 1. The van der Waals surface area contributed by atoms with E-state index >= 15 is 0 Å². The highest BCUT2D eigenvalue weighted by molar-refractivity contribution is 5.91. The zero-order valence-corrected chi connectivity index (χ0v) is 14.6. The lowest BCUT2D eigenvalue weighted by molar-refractivity contribution is -0.174. The standard InChI is InChI=1S/C19H24N2O4/c1-11(22)20-15-9-19(25)17-7-12-3-4-13(23)8-14(12)18(19,10-16(15)24)5-6-21(17)2/h3-4,8,15,17,23,25H,5-7,9-10H2,1-2H3,(H,20,22)/t15-,17+,18+,19+/m0/s1. The number of benzene rings is 1. The molecular weight excluding hydrogens is 320 g/mol. The number of aromatic hydroxyl groups is 1. The Morgan fingerprint density at radius 3 is 2.88 bits per heavy atom. The van der Waals surface area contributed by atoms with Crippen LogP contribution in [0.3, 0.4) is 0 Å². The molecule has 1 amide bonds. The molecule has 1 saturated heterocycles. The van der Waals surface area contributed by atoms with Crippen LogP contribution in [0.2, 0.25) is 0 Å². The van der Waals surface area contributed by atoms with E-state index in [2.05, 4.69) is 10.2 Å². The first kappa shape index (κ1) is 16.5. The number of rotatable bonds is 1. The van der Waals surface area contributed by atoms with Gasteiger partial charge in [0.05, 0.1) is 11.6 Å². The Bertz CT molecular complexity index is 764. The van der Waals surface area contributed by atoms with Crippen molar-refractivity contribution in [2.45, 2.75) is 55.7 Å². The van der Waals surface area contributed by atoms with Gasteiger partial charge >= 0.3 is 0 Å². The van der Waals surface area contributed by atoms with Crippen LogP contribution in [0.25, 0.3) is 0 Å². The van der Waals surface area contributed by atoms with E-state index in [0.717, 1.165) is 17.7 Å². The molecule has 25 heavy (non-hydrogen) atoms. The van der Waals surface area contributed by atoms with Gasteiger partial charge in [0.25, 0.3) is 0 Å². The predicted octanol–water partition coefficient (Wildman–Crippen LogP) is 0.489. The largest absolute Gasteiger partial charge is 0.508 e. The van der Waals surface area contributed by atoms with Gasteiger partial charge in [-0.15, -0.1) is 0 Å². The van der Waals surface area contributed by atoms with Crippen molar-refractivity contribution in [1.82, 2.24) is 10.2 Å². The van der Waals surface area contributed by atoms with Crippen molar-refractivity contribution in [3.8, 4) is 5.75 Å². The third-order valence-corrected chi connectivity index (χ3v) is 6.58. The molecule has 0 aromatic heterocycles. The van der Waals surface area contributed by atoms with E-state index in [1.54, 1.807) is 12.1 Å². The smallest absolute Gasteiger partial charge is 0.217 e. The SMILES string of the molecule is CC(=O)N[C@H]1C[C@@]2(O)[C@H]3Cc4ccc(O)cc4[C@@]2(CCN3C)CC1=O. The number of nitrogens with zero attached hydrogens (tertiary/aromatic N) is 1. The number of phenolic OH excluding ortho intramolecular Hbond substituents is 1. The zero-order chi connectivity index (χ0) is 18.0. The highest BCUT2D eigenvalue weighted by Gasteiger charge is 2.66. The number of Topliss-reactive ketones (excluding diaryl/α,β-unsaturated/α-hetero) is 1. The first-order valence-electron chi connectivity index (χ1n) is 8.82. The maximum absolute atomic E-state index is 12.8. The molecule has 1 heterocycles. The van der Waals surface area contributed by atoms with Crippen LogP contribution in [0, 0.1) is 0 Å². The minimum Gasteiger partial charge on any atom is -0.508 e. The molecule has 1 saturated carbocycles. The third-order valence-electron chi connectivity index (χ3n) is 6.58. The summed E-state index contributed by atoms with van der Waals surface area (Å²) >= 11 is 0. The van der Waals surface area contributed by atoms with Crippen molar-refractivity contribution in [3.63, 3.8) is 0 Å². The minimum atomic E-state index is -1.11. The normalized spacial score (nSPS) is 37.2. The number of likely N-dealkylation sites (tertiary alicyclic amines) is 1. The van der Waals surface area contributed by atoms with Gasteiger partial charge in [-0.05, 0) is 49.7 Å². The second-order valence-corrected chi connectivity index (χ2v) is 7.90. The number of fused-ring (bicyclic) bond motifs is 1. The predicted molar refractivity (Wildman–Crippen MR) is 91.3 cm³/mol. The molecule has 3 aliphatic rings. The summed E-state index contributed by atoms with van der Waals surface area (Å²) in [5, 5.41) is 24.6. The average Bonchev–Trinajstić information content (AvgIpc) is 2.52. The molecule has 0 unspecified atom stereocenters. The maximum atomic E-state index is 12.8. The lowest BCUT2D eigenvalue weighted by Crippen LogP contribution is -2.75. The molecule has 2 fully saturated rings. The van der Waals surface area contributed by atoms with Crippen molar-refractivity contribution in [3.05, 3.63) is 29.3 Å².